The van der Waals surface area contributed by atoms with Crippen molar-refractivity contribution in [1.29, 1.82) is 0 Å². The van der Waals surface area contributed by atoms with Crippen LogP contribution in [-0.2, 0) is 6.42 Å². The van der Waals surface area contributed by atoms with Gasteiger partial charge in [0, 0.05) is 40.1 Å². The van der Waals surface area contributed by atoms with Crippen molar-refractivity contribution in [3.63, 3.8) is 0 Å². The molecule has 42 heavy (non-hydrogen) atoms. The van der Waals surface area contributed by atoms with Crippen molar-refractivity contribution in [2.24, 2.45) is 0 Å². The van der Waals surface area contributed by atoms with Gasteiger partial charge in [-0.2, -0.15) is 0 Å². The van der Waals surface area contributed by atoms with Crippen LogP contribution >= 0.6 is 0 Å². The molecule has 0 aliphatic carbocycles. The highest BCUT2D eigenvalue weighted by Crippen LogP contribution is 2.47. The lowest BCUT2D eigenvalue weighted by Gasteiger charge is -2.28. The van der Waals surface area contributed by atoms with Crippen molar-refractivity contribution < 1.29 is 0 Å². The summed E-state index contributed by atoms with van der Waals surface area (Å²) in [5, 5.41) is 10.3. The molecule has 9 rings (SSSR count). The molecule has 0 fully saturated rings. The number of rotatable bonds is 4. The molecule has 1 aliphatic rings. The standard InChI is InChI=1S/C40H28N2/c1-2-11-32(12-3-1)42(33-19-14-27-8-4-5-10-31(27)26-33)38-23-18-30-15-20-34-37(41-25-24-28-9-6-7-13-36(28)41)22-17-29-16-21-35(38)40(30)39(29)34/h1-23,26H,24-25H2. The summed E-state index contributed by atoms with van der Waals surface area (Å²) in [7, 11) is 0. The van der Waals surface area contributed by atoms with Crippen molar-refractivity contribution in [2.45, 2.75) is 6.42 Å². The van der Waals surface area contributed by atoms with Crippen LogP contribution in [0.15, 0.2) is 146 Å². The first kappa shape index (κ1) is 23.4. The van der Waals surface area contributed by atoms with Crippen molar-refractivity contribution in [3.05, 3.63) is 151 Å². The fourth-order valence-electron chi connectivity index (χ4n) is 7.11. The second-order valence-corrected chi connectivity index (χ2v) is 11.3. The molecule has 198 valence electrons. The van der Waals surface area contributed by atoms with Crippen LogP contribution in [-0.4, -0.2) is 6.54 Å². The Bertz CT molecular complexity index is 2270. The maximum atomic E-state index is 2.51. The molecule has 8 aromatic rings. The van der Waals surface area contributed by atoms with Crippen LogP contribution in [0.4, 0.5) is 28.4 Å². The van der Waals surface area contributed by atoms with Gasteiger partial charge in [0.15, 0.2) is 0 Å². The summed E-state index contributed by atoms with van der Waals surface area (Å²) < 4.78 is 0. The fraction of sp³-hybridized carbons (Fsp3) is 0.0500. The Balaban J connectivity index is 1.31. The smallest absolute Gasteiger partial charge is 0.0540 e. The minimum atomic E-state index is 1.01. The first-order chi connectivity index (χ1) is 20.8. The fourth-order valence-corrected chi connectivity index (χ4v) is 7.11. The molecule has 8 aromatic carbocycles. The van der Waals surface area contributed by atoms with E-state index < -0.39 is 0 Å². The molecule has 2 heteroatoms. The monoisotopic (exact) mass is 536 g/mol. The molecule has 1 heterocycles. The van der Waals surface area contributed by atoms with Gasteiger partial charge < -0.3 is 9.80 Å². The van der Waals surface area contributed by atoms with Gasteiger partial charge in [-0.1, -0.05) is 103 Å². The Morgan fingerprint density at radius 3 is 2.00 bits per heavy atom. The lowest BCUT2D eigenvalue weighted by molar-refractivity contribution is 1.00. The first-order valence-corrected chi connectivity index (χ1v) is 14.7. The molecule has 0 radical (unpaired) electrons. The van der Waals surface area contributed by atoms with Crippen LogP contribution in [0.3, 0.4) is 0 Å². The van der Waals surface area contributed by atoms with Gasteiger partial charge in [-0.05, 0) is 86.8 Å². The molecular formula is C40H28N2. The molecule has 0 unspecified atom stereocenters. The van der Waals surface area contributed by atoms with E-state index in [4.69, 9.17) is 0 Å². The number of anilines is 5. The average Bonchev–Trinajstić information content (AvgIpc) is 3.49. The van der Waals surface area contributed by atoms with Crippen LogP contribution in [0.5, 0.6) is 0 Å². The predicted octanol–water partition coefficient (Wildman–Crippen LogP) is 10.9. The highest BCUT2D eigenvalue weighted by atomic mass is 15.2. The van der Waals surface area contributed by atoms with E-state index in [1.165, 1.54) is 65.7 Å². The van der Waals surface area contributed by atoms with E-state index in [2.05, 4.69) is 155 Å². The number of hydrogen-bond donors (Lipinski definition) is 0. The summed E-state index contributed by atoms with van der Waals surface area (Å²) in [6.07, 6.45) is 1.08. The molecule has 0 aromatic heterocycles. The third-order valence-electron chi connectivity index (χ3n) is 9.04. The van der Waals surface area contributed by atoms with E-state index >= 15 is 0 Å². The van der Waals surface area contributed by atoms with Crippen LogP contribution in [0.2, 0.25) is 0 Å². The third kappa shape index (κ3) is 3.45. The van der Waals surface area contributed by atoms with Crippen molar-refractivity contribution >= 4 is 71.5 Å². The zero-order chi connectivity index (χ0) is 27.6. The largest absolute Gasteiger partial charge is 0.340 e. The molecule has 2 nitrogen and oxygen atoms in total. The SMILES string of the molecule is c1ccc(N(c2ccc3ccccc3c2)c2ccc3ccc4c(N5CCc6ccccc65)ccc5ccc2c3c54)cc1. The molecule has 0 N–H and O–H groups in total. The third-order valence-corrected chi connectivity index (χ3v) is 9.04. The summed E-state index contributed by atoms with van der Waals surface area (Å²) >= 11 is 0. The highest BCUT2D eigenvalue weighted by molar-refractivity contribution is 6.28. The predicted molar refractivity (Wildman–Crippen MR) is 179 cm³/mol. The second-order valence-electron chi connectivity index (χ2n) is 11.3. The Kier molecular flexibility index (Phi) is 5.06. The van der Waals surface area contributed by atoms with Crippen LogP contribution in [0.25, 0.3) is 43.1 Å². The van der Waals surface area contributed by atoms with Crippen LogP contribution in [0.1, 0.15) is 5.56 Å². The van der Waals surface area contributed by atoms with Gasteiger partial charge >= 0.3 is 0 Å². The molecule has 0 bridgehead atoms. The van der Waals surface area contributed by atoms with Crippen molar-refractivity contribution in [2.75, 3.05) is 16.3 Å². The number of nitrogens with zero attached hydrogens (tertiary/aromatic N) is 2. The molecular weight excluding hydrogens is 508 g/mol. The maximum absolute atomic E-state index is 2.51. The number of hydrogen-bond acceptors (Lipinski definition) is 2. The van der Waals surface area contributed by atoms with E-state index in [0.717, 1.165) is 24.3 Å². The Hall–Kier alpha value is -5.34. The maximum Gasteiger partial charge on any atom is 0.0540 e. The summed E-state index contributed by atoms with van der Waals surface area (Å²) in [4.78, 5) is 4.92. The minimum absolute atomic E-state index is 1.01. The molecule has 1 aliphatic heterocycles. The zero-order valence-electron chi connectivity index (χ0n) is 23.2. The summed E-state index contributed by atoms with van der Waals surface area (Å²) in [6.45, 7) is 1.01. The van der Waals surface area contributed by atoms with Crippen LogP contribution in [0, 0.1) is 0 Å². The second kappa shape index (κ2) is 9.09. The summed E-state index contributed by atoms with van der Waals surface area (Å²) in [5.74, 6) is 0. The van der Waals surface area contributed by atoms with Gasteiger partial charge in [0.2, 0.25) is 0 Å². The van der Waals surface area contributed by atoms with E-state index in [-0.39, 0.29) is 0 Å². The average molecular weight is 537 g/mol. The normalized spacial score (nSPS) is 13.0. The quantitative estimate of drug-likeness (QED) is 0.206. The van der Waals surface area contributed by atoms with E-state index in [1.54, 1.807) is 0 Å². The summed E-state index contributed by atoms with van der Waals surface area (Å²) in [6, 6.07) is 53.5. The summed E-state index contributed by atoms with van der Waals surface area (Å²) in [5.41, 5.74) is 7.55. The lowest BCUT2D eigenvalue weighted by atomic mass is 9.92. The molecule has 0 spiro atoms. The lowest BCUT2D eigenvalue weighted by Crippen LogP contribution is -2.13. The number of fused-ring (bicyclic) bond motifs is 2. The van der Waals surface area contributed by atoms with Crippen LogP contribution < -0.4 is 9.80 Å². The van der Waals surface area contributed by atoms with Crippen molar-refractivity contribution in [3.8, 4) is 0 Å². The highest BCUT2D eigenvalue weighted by Gasteiger charge is 2.24. The van der Waals surface area contributed by atoms with Gasteiger partial charge in [-0.3, -0.25) is 0 Å². The molecule has 0 amide bonds. The topological polar surface area (TPSA) is 6.48 Å². The molecule has 0 saturated carbocycles. The molecule has 0 saturated heterocycles. The van der Waals surface area contributed by atoms with Crippen molar-refractivity contribution in [1.82, 2.24) is 0 Å². The first-order valence-electron chi connectivity index (χ1n) is 14.7. The van der Waals surface area contributed by atoms with E-state index in [9.17, 15) is 0 Å². The van der Waals surface area contributed by atoms with Gasteiger partial charge in [0.05, 0.1) is 5.69 Å². The van der Waals surface area contributed by atoms with Gasteiger partial charge in [-0.25, -0.2) is 0 Å². The number of benzene rings is 8. The van der Waals surface area contributed by atoms with Gasteiger partial charge in [0.1, 0.15) is 0 Å². The Morgan fingerprint density at radius 1 is 0.452 bits per heavy atom. The number of para-hydroxylation sites is 2. The van der Waals surface area contributed by atoms with E-state index in [1.807, 2.05) is 0 Å². The van der Waals surface area contributed by atoms with E-state index in [0.29, 0.717) is 0 Å². The van der Waals surface area contributed by atoms with Gasteiger partial charge in [-0.15, -0.1) is 0 Å². The minimum Gasteiger partial charge on any atom is -0.340 e. The molecule has 0 atom stereocenters. The zero-order valence-corrected chi connectivity index (χ0v) is 23.2. The Labute approximate surface area is 245 Å². The Morgan fingerprint density at radius 2 is 1.12 bits per heavy atom. The van der Waals surface area contributed by atoms with Gasteiger partial charge in [0.25, 0.3) is 0 Å².